The van der Waals surface area contributed by atoms with Crippen LogP contribution in [0.25, 0.3) is 0 Å². The number of benzene rings is 4. The average Bonchev–Trinajstić information content (AvgIpc) is 3.06. The van der Waals surface area contributed by atoms with Crippen LogP contribution in [0.2, 0.25) is 5.02 Å². The molecule has 8 nitrogen and oxygen atoms in total. The third kappa shape index (κ3) is 8.89. The molecule has 2 amide bonds. The van der Waals surface area contributed by atoms with E-state index in [4.69, 9.17) is 16.3 Å². The van der Waals surface area contributed by atoms with Crippen molar-refractivity contribution in [3.8, 4) is 5.75 Å². The number of unbranched alkanes of at least 4 members (excludes halogenated alkanes) is 1. The molecule has 0 aliphatic heterocycles. The second-order valence-electron chi connectivity index (χ2n) is 11.0. The number of hydrogen-bond donors (Lipinski definition) is 1. The number of methoxy groups -OCH3 is 1. The largest absolute Gasteiger partial charge is 0.495 e. The van der Waals surface area contributed by atoms with Gasteiger partial charge in [-0.2, -0.15) is 0 Å². The van der Waals surface area contributed by atoms with E-state index in [0.717, 1.165) is 33.8 Å². The third-order valence-corrected chi connectivity index (χ3v) is 9.69. The van der Waals surface area contributed by atoms with Gasteiger partial charge in [0.15, 0.2) is 0 Å². The second-order valence-corrected chi connectivity index (χ2v) is 13.3. The van der Waals surface area contributed by atoms with E-state index in [1.807, 2.05) is 74.5 Å². The summed E-state index contributed by atoms with van der Waals surface area (Å²) in [5.41, 5.74) is 2.75. The number of ether oxygens (including phenoxy) is 1. The Morgan fingerprint density at radius 1 is 0.891 bits per heavy atom. The zero-order chi connectivity index (χ0) is 33.1. The number of rotatable bonds is 15. The first-order valence-electron chi connectivity index (χ1n) is 15.2. The van der Waals surface area contributed by atoms with E-state index in [-0.39, 0.29) is 34.5 Å². The fraction of sp³-hybridized carbons (Fsp3) is 0.278. The number of nitrogens with zero attached hydrogens (tertiary/aromatic N) is 2. The maximum atomic E-state index is 14.5. The van der Waals surface area contributed by atoms with Gasteiger partial charge in [0, 0.05) is 19.5 Å². The van der Waals surface area contributed by atoms with Crippen molar-refractivity contribution in [2.45, 2.75) is 50.6 Å². The Balaban J connectivity index is 1.80. The molecule has 1 N–H and O–H groups in total. The van der Waals surface area contributed by atoms with Crippen LogP contribution in [0.5, 0.6) is 5.75 Å². The first kappa shape index (κ1) is 34.5. The van der Waals surface area contributed by atoms with E-state index in [1.165, 1.54) is 30.2 Å². The summed E-state index contributed by atoms with van der Waals surface area (Å²) in [6, 6.07) is 28.9. The highest BCUT2D eigenvalue weighted by atomic mass is 35.5. The topological polar surface area (TPSA) is 96.0 Å². The molecule has 4 rings (SSSR count). The van der Waals surface area contributed by atoms with Crippen LogP contribution in [0.1, 0.15) is 36.5 Å². The Morgan fingerprint density at radius 3 is 2.11 bits per heavy atom. The van der Waals surface area contributed by atoms with Gasteiger partial charge in [-0.3, -0.25) is 13.9 Å². The molecule has 0 aliphatic carbocycles. The number of anilines is 1. The van der Waals surface area contributed by atoms with E-state index in [0.29, 0.717) is 12.3 Å². The quantitative estimate of drug-likeness (QED) is 0.149. The van der Waals surface area contributed by atoms with Crippen molar-refractivity contribution < 1.29 is 22.7 Å². The Hall–Kier alpha value is -4.34. The maximum absolute atomic E-state index is 14.5. The van der Waals surface area contributed by atoms with Gasteiger partial charge in [0.2, 0.25) is 11.8 Å². The molecule has 0 saturated heterocycles. The van der Waals surface area contributed by atoms with Crippen LogP contribution >= 0.6 is 11.6 Å². The lowest BCUT2D eigenvalue weighted by atomic mass is 10.0. The first-order valence-corrected chi connectivity index (χ1v) is 17.0. The summed E-state index contributed by atoms with van der Waals surface area (Å²) in [6.45, 7) is 3.89. The van der Waals surface area contributed by atoms with Gasteiger partial charge in [-0.15, -0.1) is 0 Å². The molecule has 242 valence electrons. The van der Waals surface area contributed by atoms with Crippen LogP contribution in [0, 0.1) is 6.92 Å². The van der Waals surface area contributed by atoms with Crippen LogP contribution < -0.4 is 14.4 Å². The van der Waals surface area contributed by atoms with Crippen molar-refractivity contribution in [1.29, 1.82) is 0 Å². The van der Waals surface area contributed by atoms with E-state index < -0.39 is 28.5 Å². The number of halogens is 1. The molecule has 1 atom stereocenters. The minimum atomic E-state index is -4.25. The summed E-state index contributed by atoms with van der Waals surface area (Å²) >= 11 is 6.44. The van der Waals surface area contributed by atoms with Crippen LogP contribution in [0.15, 0.2) is 108 Å². The second kappa shape index (κ2) is 16.3. The predicted molar refractivity (Wildman–Crippen MR) is 183 cm³/mol. The van der Waals surface area contributed by atoms with Gasteiger partial charge in [-0.1, -0.05) is 103 Å². The highest BCUT2D eigenvalue weighted by Gasteiger charge is 2.34. The molecule has 1 unspecified atom stereocenters. The normalized spacial score (nSPS) is 11.8. The molecule has 10 heteroatoms. The molecule has 4 aromatic carbocycles. The zero-order valence-electron chi connectivity index (χ0n) is 26.4. The van der Waals surface area contributed by atoms with Crippen molar-refractivity contribution in [3.05, 3.63) is 125 Å². The van der Waals surface area contributed by atoms with Crippen molar-refractivity contribution in [3.63, 3.8) is 0 Å². The number of nitrogens with one attached hydrogen (secondary N) is 1. The van der Waals surface area contributed by atoms with E-state index in [1.54, 1.807) is 24.3 Å². The summed E-state index contributed by atoms with van der Waals surface area (Å²) < 4.78 is 34.7. The van der Waals surface area contributed by atoms with Gasteiger partial charge in [0.05, 0.1) is 22.7 Å². The minimum Gasteiger partial charge on any atom is -0.495 e. The minimum absolute atomic E-state index is 0.0191. The molecule has 0 spiro atoms. The molecular formula is C36H40ClN3O5S. The van der Waals surface area contributed by atoms with E-state index in [9.17, 15) is 18.0 Å². The van der Waals surface area contributed by atoms with Gasteiger partial charge in [0.25, 0.3) is 10.0 Å². The highest BCUT2D eigenvalue weighted by molar-refractivity contribution is 7.92. The van der Waals surface area contributed by atoms with Crippen LogP contribution in [0.4, 0.5) is 5.69 Å². The molecule has 0 aliphatic rings. The molecule has 0 bridgehead atoms. The fourth-order valence-corrected chi connectivity index (χ4v) is 6.67. The Kier molecular flexibility index (Phi) is 12.2. The van der Waals surface area contributed by atoms with Gasteiger partial charge >= 0.3 is 0 Å². The van der Waals surface area contributed by atoms with Gasteiger partial charge in [-0.25, -0.2) is 8.42 Å². The van der Waals surface area contributed by atoms with Gasteiger partial charge in [0.1, 0.15) is 18.3 Å². The average molecular weight is 662 g/mol. The highest BCUT2D eigenvalue weighted by Crippen LogP contribution is 2.32. The van der Waals surface area contributed by atoms with Crippen LogP contribution in [-0.2, 0) is 32.6 Å². The fourth-order valence-electron chi connectivity index (χ4n) is 5.02. The van der Waals surface area contributed by atoms with Crippen molar-refractivity contribution in [2.24, 2.45) is 0 Å². The number of aryl methyl sites for hydroxylation is 1. The smallest absolute Gasteiger partial charge is 0.264 e. The number of carbonyl (C=O) groups is 2. The van der Waals surface area contributed by atoms with Crippen molar-refractivity contribution in [2.75, 3.05) is 24.5 Å². The predicted octanol–water partition coefficient (Wildman–Crippen LogP) is 6.41. The Morgan fingerprint density at radius 2 is 1.52 bits per heavy atom. The summed E-state index contributed by atoms with van der Waals surface area (Å²) in [6.07, 6.45) is 1.93. The van der Waals surface area contributed by atoms with Crippen LogP contribution in [0.3, 0.4) is 0 Å². The van der Waals surface area contributed by atoms with Crippen molar-refractivity contribution in [1.82, 2.24) is 10.2 Å². The molecule has 0 radical (unpaired) electrons. The molecule has 0 saturated carbocycles. The van der Waals surface area contributed by atoms with E-state index in [2.05, 4.69) is 5.32 Å². The third-order valence-electron chi connectivity index (χ3n) is 7.61. The standard InChI is InChI=1S/C36H40ClN3O5S/c1-4-5-22-38-36(42)33(23-28-12-8-6-9-13-28)39(25-29-14-10-7-11-15-29)35(41)26-40(30-18-21-34(45-3)32(37)24-30)46(43,44)31-19-16-27(2)17-20-31/h6-21,24,33H,4-5,22-23,25-26H2,1-3H3,(H,38,42). The summed E-state index contributed by atoms with van der Waals surface area (Å²) in [7, 11) is -2.78. The number of sulfonamides is 1. The van der Waals surface area contributed by atoms with Crippen molar-refractivity contribution >= 4 is 39.1 Å². The number of carbonyl (C=O) groups excluding carboxylic acids is 2. The van der Waals surface area contributed by atoms with Gasteiger partial charge < -0.3 is 15.0 Å². The number of hydrogen-bond acceptors (Lipinski definition) is 5. The SMILES string of the molecule is CCCCNC(=O)C(Cc1ccccc1)N(Cc1ccccc1)C(=O)CN(c1ccc(OC)c(Cl)c1)S(=O)(=O)c1ccc(C)cc1. The zero-order valence-corrected chi connectivity index (χ0v) is 27.9. The molecular weight excluding hydrogens is 622 g/mol. The van der Waals surface area contributed by atoms with Crippen LogP contribution in [-0.4, -0.2) is 51.4 Å². The first-order chi connectivity index (χ1) is 22.1. The molecule has 46 heavy (non-hydrogen) atoms. The Labute approximate surface area is 277 Å². The lowest BCUT2D eigenvalue weighted by molar-refractivity contribution is -0.140. The maximum Gasteiger partial charge on any atom is 0.264 e. The lowest BCUT2D eigenvalue weighted by Gasteiger charge is -2.34. The molecule has 0 aromatic heterocycles. The number of amides is 2. The summed E-state index contributed by atoms with van der Waals surface area (Å²) in [4.78, 5) is 29.8. The molecule has 0 fully saturated rings. The lowest BCUT2D eigenvalue weighted by Crippen LogP contribution is -2.53. The molecule has 4 aromatic rings. The monoisotopic (exact) mass is 661 g/mol. The molecule has 0 heterocycles. The summed E-state index contributed by atoms with van der Waals surface area (Å²) in [5, 5.41) is 3.19. The van der Waals surface area contributed by atoms with Gasteiger partial charge in [-0.05, 0) is 54.8 Å². The summed E-state index contributed by atoms with van der Waals surface area (Å²) in [5.74, 6) is -0.484. The Bertz CT molecular complexity index is 1700. The van der Waals surface area contributed by atoms with E-state index >= 15 is 0 Å².